The maximum atomic E-state index is 3.32. The summed E-state index contributed by atoms with van der Waals surface area (Å²) in [5.74, 6) is 3.74. The van der Waals surface area contributed by atoms with E-state index >= 15 is 0 Å². The minimum atomic E-state index is 0.608. The Bertz CT molecular complexity index is 185. The first-order chi connectivity index (χ1) is 7.20. The Labute approximate surface area is 96.0 Å². The third-order valence-corrected chi connectivity index (χ3v) is 2.64. The quantitative estimate of drug-likeness (QED) is 0.471. The zero-order chi connectivity index (χ0) is 11.5. The van der Waals surface area contributed by atoms with E-state index < -0.39 is 0 Å². The van der Waals surface area contributed by atoms with Gasteiger partial charge in [0.1, 0.15) is 0 Å². The summed E-state index contributed by atoms with van der Waals surface area (Å²) >= 11 is 0. The second kappa shape index (κ2) is 9.90. The van der Waals surface area contributed by atoms with Crippen molar-refractivity contribution in [2.75, 3.05) is 0 Å². The summed E-state index contributed by atoms with van der Waals surface area (Å²) in [6.07, 6.45) is 7.79. The fourth-order valence-electron chi connectivity index (χ4n) is 1.69. The summed E-state index contributed by atoms with van der Waals surface area (Å²) in [7, 11) is 0. The average Bonchev–Trinajstić information content (AvgIpc) is 2.20. The first kappa shape index (κ1) is 14.4. The highest BCUT2D eigenvalue weighted by molar-refractivity contribution is 4.94. The molecular weight excluding hydrogens is 182 g/mol. The van der Waals surface area contributed by atoms with Crippen molar-refractivity contribution in [2.45, 2.75) is 72.3 Å². The molecule has 0 aliphatic rings. The molecule has 0 aromatic heterocycles. The van der Waals surface area contributed by atoms with Gasteiger partial charge in [0, 0.05) is 12.1 Å². The predicted molar refractivity (Wildman–Crippen MR) is 68.6 cm³/mol. The second-order valence-corrected chi connectivity index (χ2v) is 4.68. The van der Waals surface area contributed by atoms with Gasteiger partial charge in [-0.15, -0.1) is 0 Å². The highest BCUT2D eigenvalue weighted by atomic mass is 14.9. The van der Waals surface area contributed by atoms with Crippen molar-refractivity contribution in [1.82, 2.24) is 5.32 Å². The number of rotatable bonds is 8. The van der Waals surface area contributed by atoms with E-state index in [0.29, 0.717) is 6.04 Å². The lowest BCUT2D eigenvalue weighted by Gasteiger charge is -2.16. The molecule has 1 N–H and O–H groups in total. The molecule has 15 heavy (non-hydrogen) atoms. The van der Waals surface area contributed by atoms with Crippen molar-refractivity contribution >= 4 is 0 Å². The molecule has 0 fully saturated rings. The number of unbranched alkanes of at least 4 members (excludes halogenated alkanes) is 1. The van der Waals surface area contributed by atoms with Crippen LogP contribution in [0.1, 0.15) is 66.2 Å². The topological polar surface area (TPSA) is 12.0 Å². The van der Waals surface area contributed by atoms with Gasteiger partial charge in [0.2, 0.25) is 0 Å². The van der Waals surface area contributed by atoms with Crippen LogP contribution in [0.4, 0.5) is 0 Å². The van der Waals surface area contributed by atoms with Crippen LogP contribution < -0.4 is 5.32 Å². The molecule has 0 amide bonds. The average molecular weight is 209 g/mol. The van der Waals surface area contributed by atoms with E-state index in [0.717, 1.165) is 5.92 Å². The van der Waals surface area contributed by atoms with E-state index in [-0.39, 0.29) is 0 Å². The SMILES string of the molecule is CC#CNC(CCCC)CCCC(C)C. The molecule has 0 spiro atoms. The van der Waals surface area contributed by atoms with Gasteiger partial charge in [-0.25, -0.2) is 0 Å². The Morgan fingerprint density at radius 2 is 1.73 bits per heavy atom. The second-order valence-electron chi connectivity index (χ2n) is 4.68. The summed E-state index contributed by atoms with van der Waals surface area (Å²) in [4.78, 5) is 0. The van der Waals surface area contributed by atoms with E-state index in [1.54, 1.807) is 0 Å². The summed E-state index contributed by atoms with van der Waals surface area (Å²) in [5, 5.41) is 3.32. The summed E-state index contributed by atoms with van der Waals surface area (Å²) in [6.45, 7) is 8.72. The first-order valence-electron chi connectivity index (χ1n) is 6.38. The van der Waals surface area contributed by atoms with Crippen LogP contribution >= 0.6 is 0 Å². The van der Waals surface area contributed by atoms with Gasteiger partial charge in [0.05, 0.1) is 0 Å². The lowest BCUT2D eigenvalue weighted by atomic mass is 10.00. The molecule has 0 heterocycles. The molecule has 88 valence electrons. The van der Waals surface area contributed by atoms with Crippen LogP contribution in [-0.4, -0.2) is 6.04 Å². The van der Waals surface area contributed by atoms with Crippen molar-refractivity contribution in [2.24, 2.45) is 5.92 Å². The Balaban J connectivity index is 3.71. The summed E-state index contributed by atoms with van der Waals surface area (Å²) < 4.78 is 0. The normalized spacial score (nSPS) is 12.1. The minimum Gasteiger partial charge on any atom is -0.343 e. The standard InChI is InChI=1S/C14H27N/c1-5-7-10-14(15-12-6-2)11-8-9-13(3)4/h13-15H,5,7-11H2,1-4H3. The van der Waals surface area contributed by atoms with Crippen molar-refractivity contribution in [3.05, 3.63) is 0 Å². The first-order valence-corrected chi connectivity index (χ1v) is 6.38. The van der Waals surface area contributed by atoms with Crippen LogP contribution in [0.25, 0.3) is 0 Å². The highest BCUT2D eigenvalue weighted by Gasteiger charge is 2.06. The maximum Gasteiger partial charge on any atom is 0.0340 e. The molecule has 0 saturated heterocycles. The smallest absolute Gasteiger partial charge is 0.0340 e. The van der Waals surface area contributed by atoms with Gasteiger partial charge in [-0.05, 0) is 25.7 Å². The van der Waals surface area contributed by atoms with Crippen LogP contribution in [0.15, 0.2) is 0 Å². The monoisotopic (exact) mass is 209 g/mol. The van der Waals surface area contributed by atoms with Gasteiger partial charge in [-0.1, -0.05) is 52.4 Å². The van der Waals surface area contributed by atoms with Crippen molar-refractivity contribution in [1.29, 1.82) is 0 Å². The highest BCUT2D eigenvalue weighted by Crippen LogP contribution is 2.12. The fraction of sp³-hybridized carbons (Fsp3) is 0.857. The third-order valence-electron chi connectivity index (χ3n) is 2.64. The van der Waals surface area contributed by atoms with Gasteiger partial charge in [0.15, 0.2) is 0 Å². The zero-order valence-electron chi connectivity index (χ0n) is 10.9. The molecule has 0 radical (unpaired) electrons. The molecule has 0 aliphatic heterocycles. The molecule has 0 rings (SSSR count). The molecule has 0 aromatic carbocycles. The third kappa shape index (κ3) is 9.66. The Morgan fingerprint density at radius 1 is 1.07 bits per heavy atom. The van der Waals surface area contributed by atoms with E-state index in [9.17, 15) is 0 Å². The lowest BCUT2D eigenvalue weighted by Crippen LogP contribution is -2.24. The van der Waals surface area contributed by atoms with E-state index in [4.69, 9.17) is 0 Å². The van der Waals surface area contributed by atoms with E-state index in [1.165, 1.54) is 38.5 Å². The predicted octanol–water partition coefficient (Wildman–Crippen LogP) is 3.94. The van der Waals surface area contributed by atoms with Crippen LogP contribution in [0.5, 0.6) is 0 Å². The van der Waals surface area contributed by atoms with E-state index in [1.807, 2.05) is 6.92 Å². The lowest BCUT2D eigenvalue weighted by molar-refractivity contribution is 0.445. The summed E-state index contributed by atoms with van der Waals surface area (Å²) in [6, 6.07) is 3.60. The molecule has 1 nitrogen and oxygen atoms in total. The van der Waals surface area contributed by atoms with Crippen molar-refractivity contribution < 1.29 is 0 Å². The minimum absolute atomic E-state index is 0.608. The molecule has 1 atom stereocenters. The Kier molecular flexibility index (Phi) is 9.48. The molecular formula is C14H27N. The molecule has 0 aromatic rings. The van der Waals surface area contributed by atoms with Crippen LogP contribution in [0.3, 0.4) is 0 Å². The molecule has 1 heteroatoms. The van der Waals surface area contributed by atoms with Crippen LogP contribution in [0, 0.1) is 17.9 Å². The number of nitrogens with one attached hydrogen (secondary N) is 1. The van der Waals surface area contributed by atoms with E-state index in [2.05, 4.69) is 38.1 Å². The molecule has 1 unspecified atom stereocenters. The summed E-state index contributed by atoms with van der Waals surface area (Å²) in [5.41, 5.74) is 0. The molecule has 0 saturated carbocycles. The fourth-order valence-corrected chi connectivity index (χ4v) is 1.69. The number of hydrogen-bond acceptors (Lipinski definition) is 1. The van der Waals surface area contributed by atoms with Gasteiger partial charge in [0.25, 0.3) is 0 Å². The van der Waals surface area contributed by atoms with Gasteiger partial charge < -0.3 is 5.32 Å². The largest absolute Gasteiger partial charge is 0.343 e. The molecule has 0 aliphatic carbocycles. The maximum absolute atomic E-state index is 3.32. The number of hydrogen-bond donors (Lipinski definition) is 1. The van der Waals surface area contributed by atoms with Gasteiger partial charge >= 0.3 is 0 Å². The van der Waals surface area contributed by atoms with Gasteiger partial charge in [-0.3, -0.25) is 0 Å². The zero-order valence-corrected chi connectivity index (χ0v) is 10.9. The Morgan fingerprint density at radius 3 is 2.27 bits per heavy atom. The Hall–Kier alpha value is -0.640. The van der Waals surface area contributed by atoms with Crippen molar-refractivity contribution in [3.8, 4) is 12.0 Å². The van der Waals surface area contributed by atoms with Crippen LogP contribution in [0.2, 0.25) is 0 Å². The van der Waals surface area contributed by atoms with Crippen molar-refractivity contribution in [3.63, 3.8) is 0 Å². The molecule has 0 bridgehead atoms. The van der Waals surface area contributed by atoms with Crippen LogP contribution in [-0.2, 0) is 0 Å². The van der Waals surface area contributed by atoms with Gasteiger partial charge in [-0.2, -0.15) is 0 Å².